The SMILES string of the molecule is CCC(NC(C)c1nccs1)C(=O)O. The fraction of sp³-hybridized carbons (Fsp3) is 0.556. The van der Waals surface area contributed by atoms with Crippen molar-refractivity contribution < 1.29 is 9.90 Å². The smallest absolute Gasteiger partial charge is 0.320 e. The Hall–Kier alpha value is -0.940. The first kappa shape index (κ1) is 11.1. The largest absolute Gasteiger partial charge is 0.480 e. The number of nitrogens with one attached hydrogen (secondary N) is 1. The highest BCUT2D eigenvalue weighted by molar-refractivity contribution is 7.09. The van der Waals surface area contributed by atoms with E-state index in [0.29, 0.717) is 6.42 Å². The molecule has 0 saturated carbocycles. The number of hydrogen-bond donors (Lipinski definition) is 2. The highest BCUT2D eigenvalue weighted by atomic mass is 32.1. The van der Waals surface area contributed by atoms with E-state index < -0.39 is 12.0 Å². The minimum absolute atomic E-state index is 0.00366. The highest BCUT2D eigenvalue weighted by Gasteiger charge is 2.18. The van der Waals surface area contributed by atoms with Gasteiger partial charge in [-0.2, -0.15) is 0 Å². The summed E-state index contributed by atoms with van der Waals surface area (Å²) in [5, 5.41) is 14.7. The van der Waals surface area contributed by atoms with Gasteiger partial charge < -0.3 is 5.11 Å². The molecule has 2 atom stereocenters. The summed E-state index contributed by atoms with van der Waals surface area (Å²) in [5.74, 6) is -0.809. The van der Waals surface area contributed by atoms with Gasteiger partial charge in [-0.1, -0.05) is 6.92 Å². The van der Waals surface area contributed by atoms with Crippen molar-refractivity contribution in [3.8, 4) is 0 Å². The Labute approximate surface area is 87.0 Å². The van der Waals surface area contributed by atoms with Gasteiger partial charge in [0.2, 0.25) is 0 Å². The van der Waals surface area contributed by atoms with Crippen molar-refractivity contribution in [3.63, 3.8) is 0 Å². The third-order valence-corrected chi connectivity index (χ3v) is 2.94. The summed E-state index contributed by atoms with van der Waals surface area (Å²) in [4.78, 5) is 14.9. The van der Waals surface area contributed by atoms with Crippen LogP contribution in [0.5, 0.6) is 0 Å². The number of carbonyl (C=O) groups is 1. The predicted molar refractivity (Wildman–Crippen MR) is 55.4 cm³/mol. The fourth-order valence-electron chi connectivity index (χ4n) is 1.19. The first-order valence-corrected chi connectivity index (χ1v) is 5.41. The van der Waals surface area contributed by atoms with E-state index in [2.05, 4.69) is 10.3 Å². The summed E-state index contributed by atoms with van der Waals surface area (Å²) in [6.45, 7) is 3.77. The van der Waals surface area contributed by atoms with Gasteiger partial charge in [0.1, 0.15) is 11.0 Å². The lowest BCUT2D eigenvalue weighted by molar-refractivity contribution is -0.139. The van der Waals surface area contributed by atoms with Gasteiger partial charge in [-0.3, -0.25) is 10.1 Å². The minimum Gasteiger partial charge on any atom is -0.480 e. The molecule has 2 N–H and O–H groups in total. The molecule has 0 aromatic carbocycles. The topological polar surface area (TPSA) is 62.2 Å². The first-order chi connectivity index (χ1) is 6.65. The number of hydrogen-bond acceptors (Lipinski definition) is 4. The third kappa shape index (κ3) is 2.78. The molecule has 0 bridgehead atoms. The summed E-state index contributed by atoms with van der Waals surface area (Å²) in [7, 11) is 0. The quantitative estimate of drug-likeness (QED) is 0.782. The lowest BCUT2D eigenvalue weighted by Gasteiger charge is -2.16. The van der Waals surface area contributed by atoms with Crippen molar-refractivity contribution in [1.29, 1.82) is 0 Å². The van der Waals surface area contributed by atoms with Crippen LogP contribution in [-0.4, -0.2) is 22.1 Å². The Morgan fingerprint density at radius 3 is 2.93 bits per heavy atom. The molecular weight excluding hydrogens is 200 g/mol. The van der Waals surface area contributed by atoms with Crippen molar-refractivity contribution in [3.05, 3.63) is 16.6 Å². The molecular formula is C9H14N2O2S. The van der Waals surface area contributed by atoms with Crippen molar-refractivity contribution in [2.24, 2.45) is 0 Å². The summed E-state index contributed by atoms with van der Waals surface area (Å²) < 4.78 is 0. The molecule has 0 fully saturated rings. The van der Waals surface area contributed by atoms with E-state index in [0.717, 1.165) is 5.01 Å². The van der Waals surface area contributed by atoms with Crippen molar-refractivity contribution in [1.82, 2.24) is 10.3 Å². The third-order valence-electron chi connectivity index (χ3n) is 1.98. The average Bonchev–Trinajstić information content (AvgIpc) is 2.65. The van der Waals surface area contributed by atoms with E-state index in [9.17, 15) is 4.79 Å². The number of nitrogens with zero attached hydrogens (tertiary/aromatic N) is 1. The van der Waals surface area contributed by atoms with Crippen molar-refractivity contribution in [2.75, 3.05) is 0 Å². The van der Waals surface area contributed by atoms with Crippen LogP contribution in [0.1, 0.15) is 31.3 Å². The van der Waals surface area contributed by atoms with Crippen LogP contribution in [0.25, 0.3) is 0 Å². The number of thiazole rings is 1. The highest BCUT2D eigenvalue weighted by Crippen LogP contribution is 2.15. The van der Waals surface area contributed by atoms with Gasteiger partial charge in [0.15, 0.2) is 0 Å². The fourth-order valence-corrected chi connectivity index (χ4v) is 1.84. The van der Waals surface area contributed by atoms with E-state index in [1.54, 1.807) is 6.20 Å². The van der Waals surface area contributed by atoms with Gasteiger partial charge in [-0.05, 0) is 13.3 Å². The average molecular weight is 214 g/mol. The van der Waals surface area contributed by atoms with Crippen LogP contribution in [-0.2, 0) is 4.79 Å². The first-order valence-electron chi connectivity index (χ1n) is 4.53. The second kappa shape index (κ2) is 5.07. The minimum atomic E-state index is -0.809. The van der Waals surface area contributed by atoms with Crippen molar-refractivity contribution >= 4 is 17.3 Å². The van der Waals surface area contributed by atoms with E-state index in [-0.39, 0.29) is 6.04 Å². The van der Waals surface area contributed by atoms with Crippen LogP contribution < -0.4 is 5.32 Å². The number of aromatic nitrogens is 1. The Balaban J connectivity index is 2.55. The van der Waals surface area contributed by atoms with E-state index in [4.69, 9.17) is 5.11 Å². The summed E-state index contributed by atoms with van der Waals surface area (Å²) in [5.41, 5.74) is 0. The molecule has 5 heteroatoms. The maximum absolute atomic E-state index is 10.8. The van der Waals surface area contributed by atoms with Crippen LogP contribution in [0, 0.1) is 0 Å². The molecule has 0 aliphatic carbocycles. The summed E-state index contributed by atoms with van der Waals surface area (Å²) >= 11 is 1.53. The second-order valence-corrected chi connectivity index (χ2v) is 3.98. The Bertz CT molecular complexity index is 287. The molecule has 0 aliphatic rings. The molecule has 1 aromatic rings. The monoisotopic (exact) mass is 214 g/mol. The van der Waals surface area contributed by atoms with Gasteiger partial charge in [0.25, 0.3) is 0 Å². The predicted octanol–water partition coefficient (Wildman–Crippen LogP) is 1.66. The standard InChI is InChI=1S/C9H14N2O2S/c1-3-7(9(12)13)11-6(2)8-10-4-5-14-8/h4-7,11H,3H2,1-2H3,(H,12,13). The molecule has 0 aliphatic heterocycles. The van der Waals surface area contributed by atoms with E-state index in [1.165, 1.54) is 11.3 Å². The van der Waals surface area contributed by atoms with Gasteiger partial charge in [0.05, 0.1) is 6.04 Å². The maximum Gasteiger partial charge on any atom is 0.320 e. The number of carboxylic acid groups (broad SMARTS) is 1. The Morgan fingerprint density at radius 1 is 1.79 bits per heavy atom. The molecule has 0 radical (unpaired) electrons. The number of aliphatic carboxylic acids is 1. The molecule has 0 amide bonds. The van der Waals surface area contributed by atoms with Crippen molar-refractivity contribution in [2.45, 2.75) is 32.4 Å². The molecule has 14 heavy (non-hydrogen) atoms. The van der Waals surface area contributed by atoms with Gasteiger partial charge in [-0.25, -0.2) is 4.98 Å². The summed E-state index contributed by atoms with van der Waals surface area (Å²) in [6, 6.07) is -0.495. The summed E-state index contributed by atoms with van der Waals surface area (Å²) in [6.07, 6.45) is 2.30. The molecule has 78 valence electrons. The van der Waals surface area contributed by atoms with Crippen LogP contribution in [0.3, 0.4) is 0 Å². The zero-order valence-corrected chi connectivity index (χ0v) is 9.04. The zero-order chi connectivity index (χ0) is 10.6. The van der Waals surface area contributed by atoms with E-state index >= 15 is 0 Å². The Kier molecular flexibility index (Phi) is 4.03. The molecule has 0 spiro atoms. The molecule has 0 saturated heterocycles. The van der Waals surface area contributed by atoms with Crippen LogP contribution >= 0.6 is 11.3 Å². The van der Waals surface area contributed by atoms with Gasteiger partial charge in [-0.15, -0.1) is 11.3 Å². The lowest BCUT2D eigenvalue weighted by atomic mass is 10.2. The molecule has 2 unspecified atom stereocenters. The molecule has 4 nitrogen and oxygen atoms in total. The van der Waals surface area contributed by atoms with Gasteiger partial charge in [0, 0.05) is 11.6 Å². The normalized spacial score (nSPS) is 15.0. The van der Waals surface area contributed by atoms with Crippen LogP contribution in [0.4, 0.5) is 0 Å². The number of carboxylic acids is 1. The van der Waals surface area contributed by atoms with Crippen LogP contribution in [0.2, 0.25) is 0 Å². The second-order valence-electron chi connectivity index (χ2n) is 3.06. The van der Waals surface area contributed by atoms with Gasteiger partial charge >= 0.3 is 5.97 Å². The molecule has 1 heterocycles. The lowest BCUT2D eigenvalue weighted by Crippen LogP contribution is -2.37. The zero-order valence-electron chi connectivity index (χ0n) is 8.23. The number of rotatable bonds is 5. The van der Waals surface area contributed by atoms with E-state index in [1.807, 2.05) is 19.2 Å². The Morgan fingerprint density at radius 2 is 2.50 bits per heavy atom. The maximum atomic E-state index is 10.8. The molecule has 1 aromatic heterocycles. The molecule has 1 rings (SSSR count). The van der Waals surface area contributed by atoms with Crippen LogP contribution in [0.15, 0.2) is 11.6 Å².